The number of amides is 1. The Labute approximate surface area is 140 Å². The van der Waals surface area contributed by atoms with E-state index in [1.807, 2.05) is 18.2 Å². The van der Waals surface area contributed by atoms with Crippen LogP contribution in [0.3, 0.4) is 0 Å². The van der Waals surface area contributed by atoms with Gasteiger partial charge in [-0.15, -0.1) is 0 Å². The van der Waals surface area contributed by atoms with E-state index in [2.05, 4.69) is 15.6 Å². The fourth-order valence-corrected chi connectivity index (χ4v) is 2.04. The number of benzene rings is 1. The Balaban J connectivity index is 2.02. The third-order valence-electron chi connectivity index (χ3n) is 3.26. The van der Waals surface area contributed by atoms with E-state index in [9.17, 15) is 4.79 Å². The summed E-state index contributed by atoms with van der Waals surface area (Å²) >= 11 is 0. The maximum absolute atomic E-state index is 11.9. The van der Waals surface area contributed by atoms with Crippen LogP contribution in [-0.4, -0.2) is 45.4 Å². The molecule has 0 aliphatic rings. The van der Waals surface area contributed by atoms with E-state index >= 15 is 0 Å². The molecule has 2 aromatic rings. The van der Waals surface area contributed by atoms with Gasteiger partial charge in [0.1, 0.15) is 5.69 Å². The first kappa shape index (κ1) is 17.6. The Morgan fingerprint density at radius 1 is 1.04 bits per heavy atom. The van der Waals surface area contributed by atoms with Gasteiger partial charge in [-0.05, 0) is 24.3 Å². The van der Waals surface area contributed by atoms with Crippen LogP contribution in [0.2, 0.25) is 0 Å². The van der Waals surface area contributed by atoms with Crippen LogP contribution < -0.4 is 20.1 Å². The molecule has 0 aliphatic heterocycles. The van der Waals surface area contributed by atoms with Crippen LogP contribution in [0, 0.1) is 0 Å². The number of methoxy groups -OCH3 is 3. The van der Waals surface area contributed by atoms with E-state index in [0.29, 0.717) is 30.3 Å². The maximum Gasteiger partial charge on any atom is 0.269 e. The zero-order valence-corrected chi connectivity index (χ0v) is 14.0. The fourth-order valence-electron chi connectivity index (χ4n) is 2.04. The lowest BCUT2D eigenvalue weighted by molar-refractivity contribution is 0.0932. The summed E-state index contributed by atoms with van der Waals surface area (Å²) < 4.78 is 15.4. The summed E-state index contributed by atoms with van der Waals surface area (Å²) in [6.45, 7) is 0.910. The predicted molar refractivity (Wildman–Crippen MR) is 91.3 cm³/mol. The van der Waals surface area contributed by atoms with Crippen LogP contribution >= 0.6 is 0 Å². The topological polar surface area (TPSA) is 81.7 Å². The minimum Gasteiger partial charge on any atom is -0.493 e. The molecule has 7 heteroatoms. The zero-order valence-electron chi connectivity index (χ0n) is 14.0. The summed E-state index contributed by atoms with van der Waals surface area (Å²) in [6, 6.07) is 8.95. The summed E-state index contributed by atoms with van der Waals surface area (Å²) in [5, 5.41) is 5.92. The number of hydrogen-bond acceptors (Lipinski definition) is 6. The van der Waals surface area contributed by atoms with Crippen molar-refractivity contribution >= 4 is 17.3 Å². The van der Waals surface area contributed by atoms with Gasteiger partial charge in [0.2, 0.25) is 0 Å². The highest BCUT2D eigenvalue weighted by Crippen LogP contribution is 2.30. The van der Waals surface area contributed by atoms with E-state index in [1.165, 1.54) is 0 Å². The van der Waals surface area contributed by atoms with Crippen LogP contribution in [0.25, 0.3) is 0 Å². The second kappa shape index (κ2) is 8.73. The molecule has 1 heterocycles. The highest BCUT2D eigenvalue weighted by molar-refractivity contribution is 5.92. The molecule has 0 radical (unpaired) electrons. The molecule has 0 saturated heterocycles. The van der Waals surface area contributed by atoms with Crippen molar-refractivity contribution in [2.24, 2.45) is 0 Å². The smallest absolute Gasteiger partial charge is 0.269 e. The lowest BCUT2D eigenvalue weighted by Crippen LogP contribution is -2.27. The van der Waals surface area contributed by atoms with Gasteiger partial charge in [0, 0.05) is 25.4 Å². The van der Waals surface area contributed by atoms with Crippen molar-refractivity contribution in [2.45, 2.75) is 0 Å². The molecule has 1 amide bonds. The molecule has 24 heavy (non-hydrogen) atoms. The van der Waals surface area contributed by atoms with Crippen molar-refractivity contribution in [3.05, 3.63) is 42.2 Å². The third kappa shape index (κ3) is 4.60. The molecular formula is C17H21N3O4. The molecule has 7 nitrogen and oxygen atoms in total. The molecule has 0 fully saturated rings. The third-order valence-corrected chi connectivity index (χ3v) is 3.26. The quantitative estimate of drug-likeness (QED) is 0.722. The minimum atomic E-state index is -0.232. The number of pyridine rings is 1. The highest BCUT2D eigenvalue weighted by Gasteiger charge is 2.08. The van der Waals surface area contributed by atoms with Gasteiger partial charge in [0.05, 0.1) is 32.7 Å². The molecule has 2 rings (SSSR count). The van der Waals surface area contributed by atoms with Gasteiger partial charge >= 0.3 is 0 Å². The van der Waals surface area contributed by atoms with Crippen molar-refractivity contribution in [3.63, 3.8) is 0 Å². The van der Waals surface area contributed by atoms with E-state index < -0.39 is 0 Å². The summed E-state index contributed by atoms with van der Waals surface area (Å²) in [6.07, 6.45) is 1.60. The SMILES string of the molecule is COCCNC(=O)c1ccc(Nc2ccc(OC)c(OC)c2)cn1. The van der Waals surface area contributed by atoms with E-state index in [4.69, 9.17) is 14.2 Å². The Bertz CT molecular complexity index is 674. The largest absolute Gasteiger partial charge is 0.493 e. The summed E-state index contributed by atoms with van der Waals surface area (Å²) in [5.74, 6) is 1.05. The minimum absolute atomic E-state index is 0.232. The molecule has 0 bridgehead atoms. The van der Waals surface area contributed by atoms with Gasteiger partial charge in [0.15, 0.2) is 11.5 Å². The molecule has 2 N–H and O–H groups in total. The van der Waals surface area contributed by atoms with E-state index in [-0.39, 0.29) is 5.91 Å². The molecule has 0 unspecified atom stereocenters. The predicted octanol–water partition coefficient (Wildman–Crippen LogP) is 2.22. The van der Waals surface area contributed by atoms with Crippen molar-refractivity contribution in [3.8, 4) is 11.5 Å². The Kier molecular flexibility index (Phi) is 6.39. The molecule has 0 spiro atoms. The van der Waals surface area contributed by atoms with Gasteiger partial charge in [-0.3, -0.25) is 4.79 Å². The Morgan fingerprint density at radius 2 is 1.79 bits per heavy atom. The molecular weight excluding hydrogens is 310 g/mol. The van der Waals surface area contributed by atoms with Gasteiger partial charge in [-0.25, -0.2) is 4.98 Å². The Morgan fingerprint density at radius 3 is 2.42 bits per heavy atom. The summed E-state index contributed by atoms with van der Waals surface area (Å²) in [5.41, 5.74) is 1.94. The van der Waals surface area contributed by atoms with Crippen molar-refractivity contribution < 1.29 is 19.0 Å². The lowest BCUT2D eigenvalue weighted by atomic mass is 10.2. The Hall–Kier alpha value is -2.80. The number of aromatic nitrogens is 1. The number of anilines is 2. The second-order valence-corrected chi connectivity index (χ2v) is 4.88. The average molecular weight is 331 g/mol. The number of nitrogens with one attached hydrogen (secondary N) is 2. The fraction of sp³-hybridized carbons (Fsp3) is 0.294. The summed E-state index contributed by atoms with van der Waals surface area (Å²) in [7, 11) is 4.75. The number of carbonyl (C=O) groups excluding carboxylic acids is 1. The maximum atomic E-state index is 11.9. The van der Waals surface area contributed by atoms with Crippen LogP contribution in [0.1, 0.15) is 10.5 Å². The number of carbonyl (C=O) groups is 1. The second-order valence-electron chi connectivity index (χ2n) is 4.88. The summed E-state index contributed by atoms with van der Waals surface area (Å²) in [4.78, 5) is 16.0. The molecule has 1 aromatic carbocycles. The van der Waals surface area contributed by atoms with Crippen molar-refractivity contribution in [1.82, 2.24) is 10.3 Å². The highest BCUT2D eigenvalue weighted by atomic mass is 16.5. The number of nitrogens with zero attached hydrogens (tertiary/aromatic N) is 1. The first-order valence-electron chi connectivity index (χ1n) is 7.40. The van der Waals surface area contributed by atoms with E-state index in [1.54, 1.807) is 39.7 Å². The zero-order chi connectivity index (χ0) is 17.4. The first-order chi connectivity index (χ1) is 11.7. The van der Waals surface area contributed by atoms with E-state index in [0.717, 1.165) is 11.4 Å². The monoisotopic (exact) mass is 331 g/mol. The number of rotatable bonds is 8. The number of hydrogen-bond donors (Lipinski definition) is 2. The van der Waals surface area contributed by atoms with Crippen LogP contribution in [0.15, 0.2) is 36.5 Å². The normalized spacial score (nSPS) is 10.1. The first-order valence-corrected chi connectivity index (χ1v) is 7.40. The standard InChI is InChI=1S/C17H21N3O4/c1-22-9-8-18-17(21)14-6-4-13(11-19-14)20-12-5-7-15(23-2)16(10-12)24-3/h4-7,10-11,20H,8-9H2,1-3H3,(H,18,21). The molecule has 0 saturated carbocycles. The number of ether oxygens (including phenoxy) is 3. The average Bonchev–Trinajstić information content (AvgIpc) is 2.62. The van der Waals surface area contributed by atoms with Crippen molar-refractivity contribution in [2.75, 3.05) is 39.8 Å². The van der Waals surface area contributed by atoms with Gasteiger partial charge in [-0.2, -0.15) is 0 Å². The van der Waals surface area contributed by atoms with Crippen molar-refractivity contribution in [1.29, 1.82) is 0 Å². The van der Waals surface area contributed by atoms with Crippen LogP contribution in [0.5, 0.6) is 11.5 Å². The van der Waals surface area contributed by atoms with Gasteiger partial charge < -0.3 is 24.8 Å². The van der Waals surface area contributed by atoms with Gasteiger partial charge in [-0.1, -0.05) is 0 Å². The molecule has 0 atom stereocenters. The molecule has 1 aromatic heterocycles. The van der Waals surface area contributed by atoms with Gasteiger partial charge in [0.25, 0.3) is 5.91 Å². The molecule has 0 aliphatic carbocycles. The van der Waals surface area contributed by atoms with Crippen LogP contribution in [-0.2, 0) is 4.74 Å². The van der Waals surface area contributed by atoms with Crippen LogP contribution in [0.4, 0.5) is 11.4 Å². The molecule has 128 valence electrons. The lowest BCUT2D eigenvalue weighted by Gasteiger charge is -2.11.